The van der Waals surface area contributed by atoms with Crippen molar-refractivity contribution in [1.82, 2.24) is 24.7 Å². The van der Waals surface area contributed by atoms with Crippen LogP contribution in [-0.2, 0) is 11.2 Å². The van der Waals surface area contributed by atoms with Crippen LogP contribution in [0.2, 0.25) is 0 Å². The van der Waals surface area contributed by atoms with Gasteiger partial charge in [-0.15, -0.1) is 10.2 Å². The van der Waals surface area contributed by atoms with Gasteiger partial charge in [0.15, 0.2) is 5.16 Å². The standard InChI is InChI=1S/C24H24N6O4S/c1-14-6-4-9-19(15(14)2)26-22(32)13-35-24-29-28-20(10-16-11-21(31)27-23(33)25-16)30(24)17-7-5-8-18(12-17)34-3/h4-9,11-12H,10,13H2,1-3H3,(H,26,32)(H2,25,27,31,33). The van der Waals surface area contributed by atoms with E-state index in [2.05, 4.69) is 25.5 Å². The molecule has 0 radical (unpaired) electrons. The molecule has 0 unspecified atom stereocenters. The molecule has 0 fully saturated rings. The van der Waals surface area contributed by atoms with E-state index in [4.69, 9.17) is 4.74 Å². The van der Waals surface area contributed by atoms with Crippen molar-refractivity contribution in [3.05, 3.63) is 92.0 Å². The molecule has 0 spiro atoms. The molecule has 2 heterocycles. The molecule has 0 aliphatic rings. The first-order valence-electron chi connectivity index (χ1n) is 10.7. The van der Waals surface area contributed by atoms with Crippen LogP contribution >= 0.6 is 11.8 Å². The normalized spacial score (nSPS) is 10.8. The molecule has 11 heteroatoms. The number of anilines is 1. The van der Waals surface area contributed by atoms with Crippen molar-refractivity contribution in [3.8, 4) is 11.4 Å². The minimum absolute atomic E-state index is 0.108. The van der Waals surface area contributed by atoms with E-state index >= 15 is 0 Å². The van der Waals surface area contributed by atoms with Gasteiger partial charge in [0, 0.05) is 29.9 Å². The maximum absolute atomic E-state index is 12.7. The number of carbonyl (C=O) groups excluding carboxylic acids is 1. The average molecular weight is 493 g/mol. The van der Waals surface area contributed by atoms with Crippen LogP contribution in [0.5, 0.6) is 5.75 Å². The van der Waals surface area contributed by atoms with Crippen molar-refractivity contribution in [2.45, 2.75) is 25.4 Å². The molecule has 10 nitrogen and oxygen atoms in total. The number of hydrogen-bond acceptors (Lipinski definition) is 7. The summed E-state index contributed by atoms with van der Waals surface area (Å²) < 4.78 is 7.13. The van der Waals surface area contributed by atoms with Crippen LogP contribution in [0.25, 0.3) is 5.69 Å². The lowest BCUT2D eigenvalue weighted by atomic mass is 10.1. The summed E-state index contributed by atoms with van der Waals surface area (Å²) in [6.07, 6.45) is 0.151. The Morgan fingerprint density at radius 2 is 1.89 bits per heavy atom. The minimum Gasteiger partial charge on any atom is -0.497 e. The molecular weight excluding hydrogens is 468 g/mol. The number of methoxy groups -OCH3 is 1. The number of carbonyl (C=O) groups is 1. The number of thioether (sulfide) groups is 1. The Kier molecular flexibility index (Phi) is 7.16. The molecule has 0 saturated carbocycles. The van der Waals surface area contributed by atoms with Gasteiger partial charge in [-0.1, -0.05) is 30.0 Å². The predicted octanol–water partition coefficient (Wildman–Crippen LogP) is 2.59. The van der Waals surface area contributed by atoms with Gasteiger partial charge in [-0.3, -0.25) is 19.1 Å². The zero-order valence-corrected chi connectivity index (χ0v) is 20.2. The number of H-pyrrole nitrogens is 2. The van der Waals surface area contributed by atoms with Crippen LogP contribution in [-0.4, -0.2) is 43.5 Å². The second kappa shape index (κ2) is 10.4. The van der Waals surface area contributed by atoms with Crippen molar-refractivity contribution in [3.63, 3.8) is 0 Å². The number of aromatic nitrogens is 5. The molecule has 2 aromatic carbocycles. The third kappa shape index (κ3) is 5.69. The third-order valence-electron chi connectivity index (χ3n) is 5.39. The molecule has 35 heavy (non-hydrogen) atoms. The second-order valence-electron chi connectivity index (χ2n) is 7.81. The summed E-state index contributed by atoms with van der Waals surface area (Å²) in [6, 6.07) is 14.4. The summed E-state index contributed by atoms with van der Waals surface area (Å²) in [4.78, 5) is 40.9. The maximum atomic E-state index is 12.7. The Bertz CT molecular complexity index is 1460. The topological polar surface area (TPSA) is 135 Å². The molecule has 3 N–H and O–H groups in total. The average Bonchev–Trinajstić information content (AvgIpc) is 3.22. The van der Waals surface area contributed by atoms with Crippen LogP contribution in [0.15, 0.2) is 63.3 Å². The van der Waals surface area contributed by atoms with Gasteiger partial charge in [-0.2, -0.15) is 0 Å². The smallest absolute Gasteiger partial charge is 0.325 e. The molecule has 180 valence electrons. The fourth-order valence-electron chi connectivity index (χ4n) is 3.51. The fourth-order valence-corrected chi connectivity index (χ4v) is 4.28. The van der Waals surface area contributed by atoms with Crippen molar-refractivity contribution < 1.29 is 9.53 Å². The summed E-state index contributed by atoms with van der Waals surface area (Å²) in [6.45, 7) is 3.95. The number of amides is 1. The number of nitrogens with one attached hydrogen (secondary N) is 3. The van der Waals surface area contributed by atoms with Gasteiger partial charge in [0.05, 0.1) is 18.6 Å². The van der Waals surface area contributed by atoms with Crippen molar-refractivity contribution in [2.24, 2.45) is 0 Å². The van der Waals surface area contributed by atoms with Crippen molar-refractivity contribution in [2.75, 3.05) is 18.2 Å². The lowest BCUT2D eigenvalue weighted by Crippen LogP contribution is -2.23. The first-order chi connectivity index (χ1) is 16.8. The number of benzene rings is 2. The quantitative estimate of drug-likeness (QED) is 0.322. The highest BCUT2D eigenvalue weighted by molar-refractivity contribution is 7.99. The Balaban J connectivity index is 1.62. The zero-order valence-electron chi connectivity index (χ0n) is 19.4. The number of rotatable bonds is 8. The Hall–Kier alpha value is -4.12. The van der Waals surface area contributed by atoms with Crippen LogP contribution in [0.4, 0.5) is 5.69 Å². The van der Waals surface area contributed by atoms with E-state index in [9.17, 15) is 14.4 Å². The van der Waals surface area contributed by atoms with Crippen LogP contribution < -0.4 is 21.3 Å². The SMILES string of the molecule is COc1cccc(-n2c(Cc3cc(=O)[nH]c(=O)[nH]3)nnc2SCC(=O)Nc2cccc(C)c2C)c1. The van der Waals surface area contributed by atoms with E-state index in [0.717, 1.165) is 16.8 Å². The summed E-state index contributed by atoms with van der Waals surface area (Å²) in [7, 11) is 1.57. The largest absolute Gasteiger partial charge is 0.497 e. The predicted molar refractivity (Wildman–Crippen MR) is 134 cm³/mol. The Labute approximate surface area is 204 Å². The maximum Gasteiger partial charge on any atom is 0.325 e. The first kappa shape index (κ1) is 24.0. The van der Waals surface area contributed by atoms with E-state index in [0.29, 0.717) is 28.1 Å². The third-order valence-corrected chi connectivity index (χ3v) is 6.32. The van der Waals surface area contributed by atoms with Crippen molar-refractivity contribution in [1.29, 1.82) is 0 Å². The van der Waals surface area contributed by atoms with E-state index in [-0.39, 0.29) is 18.1 Å². The molecule has 4 rings (SSSR count). The Morgan fingerprint density at radius 3 is 2.66 bits per heavy atom. The minimum atomic E-state index is -0.599. The molecule has 2 aromatic heterocycles. The lowest BCUT2D eigenvalue weighted by Gasteiger charge is -2.12. The number of hydrogen-bond donors (Lipinski definition) is 3. The highest BCUT2D eigenvalue weighted by Crippen LogP contribution is 2.26. The molecule has 4 aromatic rings. The molecule has 0 aliphatic carbocycles. The summed E-state index contributed by atoms with van der Waals surface area (Å²) >= 11 is 1.23. The summed E-state index contributed by atoms with van der Waals surface area (Å²) in [5.41, 5.74) is 2.87. The molecule has 1 amide bonds. The first-order valence-corrected chi connectivity index (χ1v) is 11.7. The van der Waals surface area contributed by atoms with Gasteiger partial charge in [-0.05, 0) is 43.2 Å². The van der Waals surface area contributed by atoms with Gasteiger partial charge in [0.25, 0.3) is 5.56 Å². The van der Waals surface area contributed by atoms with E-state index < -0.39 is 11.2 Å². The molecule has 0 saturated heterocycles. The van der Waals surface area contributed by atoms with Gasteiger partial charge < -0.3 is 15.0 Å². The number of aromatic amines is 2. The number of ether oxygens (including phenoxy) is 1. The fraction of sp³-hybridized carbons (Fsp3) is 0.208. The van der Waals surface area contributed by atoms with Crippen LogP contribution in [0, 0.1) is 13.8 Å². The monoisotopic (exact) mass is 492 g/mol. The summed E-state index contributed by atoms with van der Waals surface area (Å²) in [5, 5.41) is 12.0. The van der Waals surface area contributed by atoms with E-state index in [1.165, 1.54) is 17.8 Å². The van der Waals surface area contributed by atoms with E-state index in [1.807, 2.05) is 56.3 Å². The van der Waals surface area contributed by atoms with Crippen LogP contribution in [0.1, 0.15) is 22.6 Å². The van der Waals surface area contributed by atoms with Gasteiger partial charge in [-0.25, -0.2) is 4.79 Å². The van der Waals surface area contributed by atoms with Gasteiger partial charge in [0.1, 0.15) is 11.6 Å². The molecule has 0 atom stereocenters. The lowest BCUT2D eigenvalue weighted by molar-refractivity contribution is -0.113. The van der Waals surface area contributed by atoms with Crippen LogP contribution in [0.3, 0.4) is 0 Å². The van der Waals surface area contributed by atoms with Crippen molar-refractivity contribution >= 4 is 23.4 Å². The highest BCUT2D eigenvalue weighted by atomic mass is 32.2. The highest BCUT2D eigenvalue weighted by Gasteiger charge is 2.18. The molecular formula is C24H24N6O4S. The molecule has 0 aliphatic heterocycles. The van der Waals surface area contributed by atoms with E-state index in [1.54, 1.807) is 11.7 Å². The second-order valence-corrected chi connectivity index (χ2v) is 8.75. The van der Waals surface area contributed by atoms with Gasteiger partial charge >= 0.3 is 5.69 Å². The molecule has 0 bridgehead atoms. The van der Waals surface area contributed by atoms with Gasteiger partial charge in [0.2, 0.25) is 5.91 Å². The number of aryl methyl sites for hydroxylation is 1. The Morgan fingerprint density at radius 1 is 1.09 bits per heavy atom. The zero-order chi connectivity index (χ0) is 24.9. The summed E-state index contributed by atoms with van der Waals surface area (Å²) in [5.74, 6) is 1.05. The number of nitrogens with zero attached hydrogens (tertiary/aromatic N) is 3.